The molecule has 1 aliphatic rings. The van der Waals surface area contributed by atoms with E-state index in [2.05, 4.69) is 22.1 Å². The summed E-state index contributed by atoms with van der Waals surface area (Å²) >= 11 is 14.5. The number of halogens is 3. The number of thiazole rings is 1. The van der Waals surface area contributed by atoms with Crippen molar-refractivity contribution in [1.82, 2.24) is 15.2 Å². The molecule has 29 heavy (non-hydrogen) atoms. The zero-order chi connectivity index (χ0) is 20.7. The third kappa shape index (κ3) is 3.78. The summed E-state index contributed by atoms with van der Waals surface area (Å²) in [5.41, 5.74) is 8.38. The SMILES string of the molecule is COc1c(CN2CCNC[C@H]2C)cc(Cl)c(-c2ccc(F)c3sc(N)nc23)c1Cl. The van der Waals surface area contributed by atoms with Crippen molar-refractivity contribution in [2.45, 2.75) is 19.5 Å². The molecular weight excluding hydrogens is 434 g/mol. The number of rotatable bonds is 4. The number of nitrogens with one attached hydrogen (secondary N) is 1. The van der Waals surface area contributed by atoms with Gasteiger partial charge in [-0.2, -0.15) is 0 Å². The molecule has 3 aromatic rings. The molecule has 1 aromatic heterocycles. The van der Waals surface area contributed by atoms with Crippen LogP contribution in [0.4, 0.5) is 9.52 Å². The lowest BCUT2D eigenvalue weighted by Gasteiger charge is -2.34. The number of nitrogens with zero attached hydrogens (tertiary/aromatic N) is 2. The Morgan fingerprint density at radius 2 is 2.21 bits per heavy atom. The maximum absolute atomic E-state index is 14.2. The molecule has 1 fully saturated rings. The van der Waals surface area contributed by atoms with Crippen molar-refractivity contribution in [3.05, 3.63) is 39.6 Å². The molecule has 0 bridgehead atoms. The van der Waals surface area contributed by atoms with E-state index in [0.29, 0.717) is 49.7 Å². The summed E-state index contributed by atoms with van der Waals surface area (Å²) in [6, 6.07) is 5.27. The molecule has 0 amide bonds. The fourth-order valence-corrected chi connectivity index (χ4v) is 5.31. The monoisotopic (exact) mass is 454 g/mol. The van der Waals surface area contributed by atoms with E-state index in [9.17, 15) is 4.39 Å². The van der Waals surface area contributed by atoms with Crippen LogP contribution in [0.1, 0.15) is 12.5 Å². The van der Waals surface area contributed by atoms with Gasteiger partial charge in [-0.1, -0.05) is 34.5 Å². The summed E-state index contributed by atoms with van der Waals surface area (Å²) in [4.78, 5) is 6.66. The second kappa shape index (κ2) is 8.24. The number of methoxy groups -OCH3 is 1. The van der Waals surface area contributed by atoms with E-state index >= 15 is 0 Å². The van der Waals surface area contributed by atoms with Crippen LogP contribution in [0.3, 0.4) is 0 Å². The number of aromatic nitrogens is 1. The number of hydrogen-bond donors (Lipinski definition) is 2. The van der Waals surface area contributed by atoms with E-state index in [1.807, 2.05) is 6.07 Å². The lowest BCUT2D eigenvalue weighted by Crippen LogP contribution is -2.49. The summed E-state index contributed by atoms with van der Waals surface area (Å²) in [6.07, 6.45) is 0. The van der Waals surface area contributed by atoms with Crippen LogP contribution in [-0.2, 0) is 6.54 Å². The van der Waals surface area contributed by atoms with E-state index in [4.69, 9.17) is 33.7 Å². The predicted octanol–water partition coefficient (Wildman–Crippen LogP) is 4.79. The lowest BCUT2D eigenvalue weighted by atomic mass is 10.0. The quantitative estimate of drug-likeness (QED) is 0.592. The maximum Gasteiger partial charge on any atom is 0.181 e. The van der Waals surface area contributed by atoms with Crippen LogP contribution in [0.15, 0.2) is 18.2 Å². The van der Waals surface area contributed by atoms with Gasteiger partial charge < -0.3 is 15.8 Å². The van der Waals surface area contributed by atoms with Gasteiger partial charge in [-0.25, -0.2) is 9.37 Å². The van der Waals surface area contributed by atoms with Gasteiger partial charge in [0.2, 0.25) is 0 Å². The highest BCUT2D eigenvalue weighted by Gasteiger charge is 2.25. The van der Waals surface area contributed by atoms with Crippen LogP contribution in [-0.4, -0.2) is 42.7 Å². The molecule has 9 heteroatoms. The van der Waals surface area contributed by atoms with Gasteiger partial charge in [-0.15, -0.1) is 0 Å². The third-order valence-corrected chi connectivity index (χ3v) is 6.80. The molecule has 0 radical (unpaired) electrons. The van der Waals surface area contributed by atoms with Crippen LogP contribution < -0.4 is 15.8 Å². The van der Waals surface area contributed by atoms with Crippen molar-refractivity contribution in [3.63, 3.8) is 0 Å². The number of anilines is 1. The maximum atomic E-state index is 14.2. The van der Waals surface area contributed by atoms with E-state index in [-0.39, 0.29) is 10.9 Å². The van der Waals surface area contributed by atoms with Gasteiger partial charge in [0, 0.05) is 48.9 Å². The molecule has 0 unspecified atom stereocenters. The number of nitrogens with two attached hydrogens (primary N) is 1. The van der Waals surface area contributed by atoms with Gasteiger partial charge in [0.1, 0.15) is 11.6 Å². The van der Waals surface area contributed by atoms with Crippen molar-refractivity contribution < 1.29 is 9.13 Å². The fourth-order valence-electron chi connectivity index (χ4n) is 3.77. The molecule has 154 valence electrons. The van der Waals surface area contributed by atoms with Gasteiger partial charge in [-0.05, 0) is 25.1 Å². The highest BCUT2D eigenvalue weighted by molar-refractivity contribution is 7.22. The molecule has 0 spiro atoms. The van der Waals surface area contributed by atoms with E-state index in [1.54, 1.807) is 13.2 Å². The third-order valence-electron chi connectivity index (χ3n) is 5.25. The van der Waals surface area contributed by atoms with Crippen LogP contribution in [0.25, 0.3) is 21.3 Å². The molecule has 4 rings (SSSR count). The summed E-state index contributed by atoms with van der Waals surface area (Å²) in [7, 11) is 1.59. The van der Waals surface area contributed by atoms with E-state index < -0.39 is 0 Å². The molecule has 2 heterocycles. The first-order valence-electron chi connectivity index (χ1n) is 9.25. The number of hydrogen-bond acceptors (Lipinski definition) is 6. The molecule has 5 nitrogen and oxygen atoms in total. The van der Waals surface area contributed by atoms with Crippen molar-refractivity contribution in [2.24, 2.45) is 0 Å². The Morgan fingerprint density at radius 1 is 1.41 bits per heavy atom. The first-order valence-corrected chi connectivity index (χ1v) is 10.8. The second-order valence-corrected chi connectivity index (χ2v) is 8.90. The summed E-state index contributed by atoms with van der Waals surface area (Å²) in [5.74, 6) is 0.193. The summed E-state index contributed by atoms with van der Waals surface area (Å²) in [5, 5.41) is 4.52. The van der Waals surface area contributed by atoms with Crippen LogP contribution in [0.5, 0.6) is 5.75 Å². The van der Waals surface area contributed by atoms with Crippen molar-refractivity contribution in [1.29, 1.82) is 0 Å². The standard InChI is InChI=1S/C20H21Cl2FN4OS/c1-10-8-25-5-6-27(10)9-11-7-13(21)15(16(22)18(11)28-2)12-3-4-14(23)19-17(12)26-20(24)29-19/h3-4,7,10,25H,5-6,8-9H2,1-2H3,(H2,24,26)/t10-/m1/s1. The zero-order valence-corrected chi connectivity index (χ0v) is 18.4. The van der Waals surface area contributed by atoms with Gasteiger partial charge in [-0.3, -0.25) is 4.90 Å². The van der Waals surface area contributed by atoms with Crippen molar-refractivity contribution >= 4 is 49.9 Å². The molecule has 1 saturated heterocycles. The predicted molar refractivity (Wildman–Crippen MR) is 119 cm³/mol. The molecule has 1 aliphatic heterocycles. The summed E-state index contributed by atoms with van der Waals surface area (Å²) in [6.45, 7) is 5.65. The van der Waals surface area contributed by atoms with Gasteiger partial charge in [0.05, 0.1) is 27.4 Å². The van der Waals surface area contributed by atoms with E-state index in [0.717, 1.165) is 36.5 Å². The fraction of sp³-hybridized carbons (Fsp3) is 0.350. The average molecular weight is 455 g/mol. The van der Waals surface area contributed by atoms with Crippen LogP contribution in [0, 0.1) is 5.82 Å². The van der Waals surface area contributed by atoms with Crippen LogP contribution in [0.2, 0.25) is 10.0 Å². The Labute approximate surface area is 182 Å². The Hall–Kier alpha value is -1.64. The Morgan fingerprint density at radius 3 is 2.93 bits per heavy atom. The second-order valence-electron chi connectivity index (χ2n) is 7.09. The molecule has 1 atom stereocenters. The smallest absolute Gasteiger partial charge is 0.181 e. The molecular formula is C20H21Cl2FN4OS. The summed E-state index contributed by atoms with van der Waals surface area (Å²) < 4.78 is 20.3. The lowest BCUT2D eigenvalue weighted by molar-refractivity contribution is 0.164. The number of ether oxygens (including phenoxy) is 1. The van der Waals surface area contributed by atoms with Crippen molar-refractivity contribution in [3.8, 4) is 16.9 Å². The number of nitrogen functional groups attached to an aromatic ring is 1. The largest absolute Gasteiger partial charge is 0.495 e. The minimum Gasteiger partial charge on any atom is -0.495 e. The zero-order valence-electron chi connectivity index (χ0n) is 16.1. The van der Waals surface area contributed by atoms with E-state index in [1.165, 1.54) is 6.07 Å². The first-order chi connectivity index (χ1) is 13.9. The topological polar surface area (TPSA) is 63.4 Å². The molecule has 3 N–H and O–H groups in total. The van der Waals surface area contributed by atoms with Gasteiger partial charge >= 0.3 is 0 Å². The normalized spacial score (nSPS) is 17.8. The molecule has 2 aromatic carbocycles. The Balaban J connectivity index is 1.83. The van der Waals surface area contributed by atoms with Gasteiger partial charge in [0.15, 0.2) is 5.13 Å². The first kappa shape index (κ1) is 20.6. The highest BCUT2D eigenvalue weighted by Crippen LogP contribution is 2.46. The number of benzene rings is 2. The Bertz CT molecular complexity index is 1070. The van der Waals surface area contributed by atoms with Crippen molar-refractivity contribution in [2.75, 3.05) is 32.5 Å². The average Bonchev–Trinajstić information content (AvgIpc) is 3.08. The highest BCUT2D eigenvalue weighted by atomic mass is 35.5. The van der Waals surface area contributed by atoms with Crippen LogP contribution >= 0.6 is 34.5 Å². The minimum atomic E-state index is -0.374. The Kier molecular flexibility index (Phi) is 5.86. The molecule has 0 aliphatic carbocycles. The number of piperazine rings is 1. The number of fused-ring (bicyclic) bond motifs is 1. The minimum absolute atomic E-state index is 0.287. The van der Waals surface area contributed by atoms with Gasteiger partial charge in [0.25, 0.3) is 0 Å². The molecule has 0 saturated carbocycles.